The van der Waals surface area contributed by atoms with Gasteiger partial charge in [0.2, 0.25) is 0 Å². The average Bonchev–Trinajstić information content (AvgIpc) is 2.78. The number of rotatable bonds is 6. The summed E-state index contributed by atoms with van der Waals surface area (Å²) in [6.45, 7) is 5.32. The quantitative estimate of drug-likeness (QED) is 0.808. The number of hydrogen-bond acceptors (Lipinski definition) is 2. The van der Waals surface area contributed by atoms with Gasteiger partial charge in [-0.1, -0.05) is 25.5 Å². The number of anilines is 1. The van der Waals surface area contributed by atoms with Crippen LogP contribution in [0.4, 0.5) is 10.5 Å². The van der Waals surface area contributed by atoms with Crippen LogP contribution in [0, 0.1) is 0 Å². The van der Waals surface area contributed by atoms with Crippen LogP contribution < -0.4 is 10.6 Å². The molecular formula is C14H21N3O. The van der Waals surface area contributed by atoms with Gasteiger partial charge in [0, 0.05) is 31.9 Å². The summed E-state index contributed by atoms with van der Waals surface area (Å²) < 4.78 is 0. The van der Waals surface area contributed by atoms with Crippen molar-refractivity contribution >= 4 is 11.7 Å². The van der Waals surface area contributed by atoms with E-state index in [0.717, 1.165) is 38.3 Å². The summed E-state index contributed by atoms with van der Waals surface area (Å²) in [5.41, 5.74) is 2.50. The summed E-state index contributed by atoms with van der Waals surface area (Å²) in [4.78, 5) is 13.2. The second-order valence-corrected chi connectivity index (χ2v) is 4.59. The first-order chi connectivity index (χ1) is 8.79. The molecule has 0 bridgehead atoms. The summed E-state index contributed by atoms with van der Waals surface area (Å²) in [7, 11) is 0. The highest BCUT2D eigenvalue weighted by molar-refractivity contribution is 5.76. The Labute approximate surface area is 108 Å². The van der Waals surface area contributed by atoms with E-state index in [0.29, 0.717) is 0 Å². The van der Waals surface area contributed by atoms with E-state index >= 15 is 0 Å². The lowest BCUT2D eigenvalue weighted by molar-refractivity contribution is 0.219. The normalized spacial score (nSPS) is 14.7. The number of amides is 2. The second kappa shape index (κ2) is 6.28. The third-order valence-corrected chi connectivity index (χ3v) is 3.15. The fourth-order valence-electron chi connectivity index (χ4n) is 2.14. The maximum Gasteiger partial charge on any atom is 0.317 e. The van der Waals surface area contributed by atoms with Crippen molar-refractivity contribution in [1.82, 2.24) is 10.2 Å². The molecule has 0 radical (unpaired) electrons. The molecule has 4 heteroatoms. The number of nitrogens with one attached hydrogen (secondary N) is 2. The van der Waals surface area contributed by atoms with E-state index < -0.39 is 0 Å². The molecule has 98 valence electrons. The molecule has 0 aromatic heterocycles. The van der Waals surface area contributed by atoms with Gasteiger partial charge in [-0.25, -0.2) is 4.79 Å². The molecule has 1 aromatic rings. The topological polar surface area (TPSA) is 44.4 Å². The number of carbonyl (C=O) groups is 1. The third kappa shape index (κ3) is 3.39. The zero-order valence-corrected chi connectivity index (χ0v) is 10.9. The van der Waals surface area contributed by atoms with Crippen LogP contribution in [0.1, 0.15) is 18.9 Å². The van der Waals surface area contributed by atoms with Crippen LogP contribution in [0.5, 0.6) is 0 Å². The molecule has 4 nitrogen and oxygen atoms in total. The van der Waals surface area contributed by atoms with Crippen LogP contribution in [0.3, 0.4) is 0 Å². The monoisotopic (exact) mass is 247 g/mol. The average molecular weight is 247 g/mol. The van der Waals surface area contributed by atoms with Crippen LogP contribution in [0.25, 0.3) is 0 Å². The lowest BCUT2D eigenvalue weighted by Crippen LogP contribution is -2.32. The molecule has 0 spiro atoms. The molecular weight excluding hydrogens is 226 g/mol. The van der Waals surface area contributed by atoms with Crippen molar-refractivity contribution in [3.05, 3.63) is 29.8 Å². The molecule has 0 unspecified atom stereocenters. The molecule has 0 aliphatic carbocycles. The van der Waals surface area contributed by atoms with Gasteiger partial charge in [-0.2, -0.15) is 0 Å². The maximum atomic E-state index is 11.3. The highest BCUT2D eigenvalue weighted by Crippen LogP contribution is 2.10. The molecule has 1 aliphatic rings. The fourth-order valence-corrected chi connectivity index (χ4v) is 2.14. The summed E-state index contributed by atoms with van der Waals surface area (Å²) in [6.07, 6.45) is 2.31. The molecule has 0 atom stereocenters. The molecule has 1 aromatic carbocycles. The Morgan fingerprint density at radius 2 is 2.11 bits per heavy atom. The van der Waals surface area contributed by atoms with Gasteiger partial charge in [0.05, 0.1) is 0 Å². The minimum Gasteiger partial charge on any atom is -0.383 e. The third-order valence-electron chi connectivity index (χ3n) is 3.15. The Morgan fingerprint density at radius 1 is 1.33 bits per heavy atom. The molecule has 1 heterocycles. The smallest absolute Gasteiger partial charge is 0.317 e. The van der Waals surface area contributed by atoms with E-state index in [2.05, 4.69) is 41.8 Å². The van der Waals surface area contributed by atoms with E-state index in [1.807, 2.05) is 4.90 Å². The number of nitrogens with zero attached hydrogens (tertiary/aromatic N) is 1. The molecule has 0 saturated carbocycles. The van der Waals surface area contributed by atoms with Crippen LogP contribution >= 0.6 is 0 Å². The fraction of sp³-hybridized carbons (Fsp3) is 0.500. The summed E-state index contributed by atoms with van der Waals surface area (Å²) in [5.74, 6) is 0. The predicted molar refractivity (Wildman–Crippen MR) is 73.9 cm³/mol. The SMILES string of the molecule is CCCc1ccc(NCCN2CCNC2=O)cc1. The number of benzene rings is 1. The minimum absolute atomic E-state index is 0.0510. The van der Waals surface area contributed by atoms with E-state index in [4.69, 9.17) is 0 Å². The second-order valence-electron chi connectivity index (χ2n) is 4.59. The molecule has 1 saturated heterocycles. The molecule has 18 heavy (non-hydrogen) atoms. The summed E-state index contributed by atoms with van der Waals surface area (Å²) >= 11 is 0. The zero-order chi connectivity index (χ0) is 12.8. The van der Waals surface area contributed by atoms with Gasteiger partial charge < -0.3 is 15.5 Å². The lowest BCUT2D eigenvalue weighted by atomic mass is 10.1. The van der Waals surface area contributed by atoms with Gasteiger partial charge in [-0.3, -0.25) is 0 Å². The van der Waals surface area contributed by atoms with Crippen molar-refractivity contribution in [2.75, 3.05) is 31.5 Å². The minimum atomic E-state index is 0.0510. The number of hydrogen-bond donors (Lipinski definition) is 2. The Morgan fingerprint density at radius 3 is 2.72 bits per heavy atom. The Balaban J connectivity index is 1.74. The predicted octanol–water partition coefficient (Wildman–Crippen LogP) is 2.08. The van der Waals surface area contributed by atoms with Crippen molar-refractivity contribution < 1.29 is 4.79 Å². The number of urea groups is 1. The molecule has 2 N–H and O–H groups in total. The highest BCUT2D eigenvalue weighted by Gasteiger charge is 2.17. The van der Waals surface area contributed by atoms with E-state index in [9.17, 15) is 4.79 Å². The lowest BCUT2D eigenvalue weighted by Gasteiger charge is -2.15. The molecule has 1 fully saturated rings. The number of aryl methyl sites for hydroxylation is 1. The van der Waals surface area contributed by atoms with Crippen LogP contribution in [0.15, 0.2) is 24.3 Å². The Kier molecular flexibility index (Phi) is 4.45. The van der Waals surface area contributed by atoms with E-state index in [-0.39, 0.29) is 6.03 Å². The maximum absolute atomic E-state index is 11.3. The van der Waals surface area contributed by atoms with Gasteiger partial charge in [0.15, 0.2) is 0 Å². The Hall–Kier alpha value is -1.71. The van der Waals surface area contributed by atoms with Crippen molar-refractivity contribution in [2.24, 2.45) is 0 Å². The zero-order valence-electron chi connectivity index (χ0n) is 10.9. The van der Waals surface area contributed by atoms with Crippen molar-refractivity contribution in [1.29, 1.82) is 0 Å². The first-order valence-corrected chi connectivity index (χ1v) is 6.65. The Bertz CT molecular complexity index is 389. The first kappa shape index (κ1) is 12.7. The van der Waals surface area contributed by atoms with E-state index in [1.165, 1.54) is 12.0 Å². The highest BCUT2D eigenvalue weighted by atomic mass is 16.2. The summed E-state index contributed by atoms with van der Waals surface area (Å²) in [5, 5.41) is 6.14. The van der Waals surface area contributed by atoms with Gasteiger partial charge in [0.25, 0.3) is 0 Å². The van der Waals surface area contributed by atoms with E-state index in [1.54, 1.807) is 0 Å². The van der Waals surface area contributed by atoms with Gasteiger partial charge in [-0.15, -0.1) is 0 Å². The van der Waals surface area contributed by atoms with Gasteiger partial charge in [-0.05, 0) is 24.1 Å². The molecule has 1 aliphatic heterocycles. The van der Waals surface area contributed by atoms with Crippen molar-refractivity contribution in [3.63, 3.8) is 0 Å². The van der Waals surface area contributed by atoms with Crippen LogP contribution in [0.2, 0.25) is 0 Å². The van der Waals surface area contributed by atoms with Gasteiger partial charge >= 0.3 is 6.03 Å². The standard InChI is InChI=1S/C14H21N3O/c1-2-3-12-4-6-13(7-5-12)15-8-10-17-11-9-16-14(17)18/h4-7,15H,2-3,8-11H2,1H3,(H,16,18). The van der Waals surface area contributed by atoms with Gasteiger partial charge in [0.1, 0.15) is 0 Å². The molecule has 2 amide bonds. The molecule has 2 rings (SSSR count). The first-order valence-electron chi connectivity index (χ1n) is 6.65. The van der Waals surface area contributed by atoms with Crippen LogP contribution in [-0.2, 0) is 6.42 Å². The largest absolute Gasteiger partial charge is 0.383 e. The summed E-state index contributed by atoms with van der Waals surface area (Å²) in [6, 6.07) is 8.59. The van der Waals surface area contributed by atoms with Crippen LogP contribution in [-0.4, -0.2) is 37.1 Å². The van der Waals surface area contributed by atoms with Crippen molar-refractivity contribution in [2.45, 2.75) is 19.8 Å². The van der Waals surface area contributed by atoms with Crippen molar-refractivity contribution in [3.8, 4) is 0 Å². The number of carbonyl (C=O) groups excluding carboxylic acids is 1.